The molecule has 0 saturated carbocycles. The average Bonchev–Trinajstić information content (AvgIpc) is 1.77. The smallest absolute Gasteiger partial charge is 0.267 e. The highest BCUT2D eigenvalue weighted by Crippen LogP contribution is 2.39. The predicted octanol–water partition coefficient (Wildman–Crippen LogP) is 1.97. The van der Waals surface area contributed by atoms with Gasteiger partial charge in [-0.05, 0) is 6.08 Å². The van der Waals surface area contributed by atoms with Gasteiger partial charge in [0.2, 0.25) is 0 Å². The Bertz CT molecular complexity index is 185. The lowest BCUT2D eigenvalue weighted by Crippen LogP contribution is -2.37. The summed E-state index contributed by atoms with van der Waals surface area (Å²) in [5, 5.41) is 9.25. The molecule has 0 saturated heterocycles. The molecule has 1 atom stereocenters. The van der Waals surface area contributed by atoms with Crippen LogP contribution < -0.4 is 0 Å². The van der Waals surface area contributed by atoms with E-state index >= 15 is 0 Å². The van der Waals surface area contributed by atoms with Crippen molar-refractivity contribution in [2.24, 2.45) is 5.41 Å². The summed E-state index contributed by atoms with van der Waals surface area (Å²) in [6.07, 6.45) is 0.923. The molecule has 1 aliphatic carbocycles. The molecular weight excluding hydrogens is 150 g/mol. The number of hydrogen-bond acceptors (Lipinski definition) is 1. The highest BCUT2D eigenvalue weighted by molar-refractivity contribution is 5.09. The fraction of sp³-hybridized carbons (Fsp3) is 0.750. The van der Waals surface area contributed by atoms with Crippen LogP contribution in [-0.4, -0.2) is 17.1 Å². The molecule has 1 nitrogen and oxygen atoms in total. The Hall–Kier alpha value is -0.440. The molecule has 0 fully saturated rings. The summed E-state index contributed by atoms with van der Waals surface area (Å²) < 4.78 is 25.4. The topological polar surface area (TPSA) is 20.2 Å². The van der Waals surface area contributed by atoms with Crippen molar-refractivity contribution in [3.05, 3.63) is 12.2 Å². The Morgan fingerprint density at radius 3 is 2.36 bits per heavy atom. The molecule has 0 spiro atoms. The van der Waals surface area contributed by atoms with Crippen molar-refractivity contribution in [1.29, 1.82) is 0 Å². The lowest BCUT2D eigenvalue weighted by atomic mass is 9.77. The standard InChI is InChI=1S/C8H12F2O/c1-7(2)5-8(9,10)4-3-6(7)11/h3-4,6,11H,5H2,1-2H3. The summed E-state index contributed by atoms with van der Waals surface area (Å²) in [7, 11) is 0. The van der Waals surface area contributed by atoms with Crippen LogP contribution in [0.3, 0.4) is 0 Å². The molecule has 0 heterocycles. The van der Waals surface area contributed by atoms with Crippen LogP contribution in [0, 0.1) is 5.41 Å². The van der Waals surface area contributed by atoms with Gasteiger partial charge in [-0.1, -0.05) is 19.9 Å². The van der Waals surface area contributed by atoms with Crippen molar-refractivity contribution in [2.75, 3.05) is 0 Å². The van der Waals surface area contributed by atoms with Gasteiger partial charge in [0.1, 0.15) is 0 Å². The second-order valence-corrected chi connectivity index (χ2v) is 3.73. The Morgan fingerprint density at radius 2 is 2.00 bits per heavy atom. The maximum Gasteiger partial charge on any atom is 0.267 e. The first kappa shape index (κ1) is 8.65. The van der Waals surface area contributed by atoms with E-state index in [9.17, 15) is 13.9 Å². The summed E-state index contributed by atoms with van der Waals surface area (Å²) in [6, 6.07) is 0. The minimum Gasteiger partial charge on any atom is -0.388 e. The maximum atomic E-state index is 12.7. The molecule has 1 N–H and O–H groups in total. The molecule has 0 aromatic carbocycles. The lowest BCUT2D eigenvalue weighted by Gasteiger charge is -2.35. The van der Waals surface area contributed by atoms with Gasteiger partial charge in [0.25, 0.3) is 5.92 Å². The van der Waals surface area contributed by atoms with E-state index in [0.29, 0.717) is 0 Å². The van der Waals surface area contributed by atoms with Crippen molar-refractivity contribution < 1.29 is 13.9 Å². The first-order valence-electron chi connectivity index (χ1n) is 3.59. The van der Waals surface area contributed by atoms with Gasteiger partial charge < -0.3 is 5.11 Å². The van der Waals surface area contributed by atoms with Crippen molar-refractivity contribution >= 4 is 0 Å². The molecule has 64 valence electrons. The van der Waals surface area contributed by atoms with Crippen LogP contribution in [0.15, 0.2) is 12.2 Å². The number of alkyl halides is 2. The van der Waals surface area contributed by atoms with Crippen LogP contribution in [0.5, 0.6) is 0 Å². The average molecular weight is 162 g/mol. The summed E-state index contributed by atoms with van der Waals surface area (Å²) in [5.41, 5.74) is -0.710. The molecule has 0 aliphatic heterocycles. The van der Waals surface area contributed by atoms with E-state index in [2.05, 4.69) is 0 Å². The summed E-state index contributed by atoms with van der Waals surface area (Å²) >= 11 is 0. The molecule has 3 heteroatoms. The molecule has 0 bridgehead atoms. The zero-order chi connectivity index (χ0) is 8.70. The third-order valence-electron chi connectivity index (χ3n) is 2.01. The molecule has 1 aliphatic rings. The molecule has 1 unspecified atom stereocenters. The molecule has 0 amide bonds. The van der Waals surface area contributed by atoms with E-state index in [1.807, 2.05) is 0 Å². The van der Waals surface area contributed by atoms with Gasteiger partial charge in [-0.25, -0.2) is 8.78 Å². The van der Waals surface area contributed by atoms with Crippen LogP contribution in [0.2, 0.25) is 0 Å². The Labute approximate surface area is 64.7 Å². The number of hydrogen-bond donors (Lipinski definition) is 1. The zero-order valence-electron chi connectivity index (χ0n) is 6.64. The van der Waals surface area contributed by atoms with Crippen molar-refractivity contribution in [1.82, 2.24) is 0 Å². The SMILES string of the molecule is CC1(C)CC(F)(F)C=CC1O. The second kappa shape index (κ2) is 2.27. The molecule has 0 aromatic rings. The number of rotatable bonds is 0. The largest absolute Gasteiger partial charge is 0.388 e. The number of halogens is 2. The fourth-order valence-corrected chi connectivity index (χ4v) is 1.26. The van der Waals surface area contributed by atoms with Crippen molar-refractivity contribution in [3.63, 3.8) is 0 Å². The van der Waals surface area contributed by atoms with Crippen molar-refractivity contribution in [3.8, 4) is 0 Å². The third kappa shape index (κ3) is 1.77. The zero-order valence-corrected chi connectivity index (χ0v) is 6.64. The highest BCUT2D eigenvalue weighted by Gasteiger charge is 2.41. The van der Waals surface area contributed by atoms with Gasteiger partial charge in [-0.3, -0.25) is 0 Å². The second-order valence-electron chi connectivity index (χ2n) is 3.73. The summed E-state index contributed by atoms with van der Waals surface area (Å²) in [6.45, 7) is 3.27. The normalized spacial score (nSPS) is 33.7. The van der Waals surface area contributed by atoms with Crippen LogP contribution >= 0.6 is 0 Å². The number of allylic oxidation sites excluding steroid dienone is 1. The Balaban J connectivity index is 2.85. The quantitative estimate of drug-likeness (QED) is 0.540. The van der Waals surface area contributed by atoms with Crippen molar-refractivity contribution in [2.45, 2.75) is 32.3 Å². The van der Waals surface area contributed by atoms with E-state index in [1.165, 1.54) is 6.08 Å². The monoisotopic (exact) mass is 162 g/mol. The van der Waals surface area contributed by atoms with Gasteiger partial charge >= 0.3 is 0 Å². The lowest BCUT2D eigenvalue weighted by molar-refractivity contribution is -0.0420. The third-order valence-corrected chi connectivity index (χ3v) is 2.01. The molecule has 11 heavy (non-hydrogen) atoms. The van der Waals surface area contributed by atoms with Gasteiger partial charge in [0.05, 0.1) is 6.10 Å². The summed E-state index contributed by atoms with van der Waals surface area (Å²) in [5.74, 6) is -2.75. The van der Waals surface area contributed by atoms with Gasteiger partial charge in [-0.2, -0.15) is 0 Å². The number of aliphatic hydroxyl groups is 1. The predicted molar refractivity (Wildman–Crippen MR) is 38.5 cm³/mol. The minimum atomic E-state index is -2.75. The van der Waals surface area contributed by atoms with Gasteiger partial charge in [-0.15, -0.1) is 0 Å². The van der Waals surface area contributed by atoms with E-state index in [1.54, 1.807) is 13.8 Å². The van der Waals surface area contributed by atoms with Crippen LogP contribution in [0.25, 0.3) is 0 Å². The molecule has 0 aromatic heterocycles. The van der Waals surface area contributed by atoms with E-state index in [4.69, 9.17) is 0 Å². The fourth-order valence-electron chi connectivity index (χ4n) is 1.26. The molecular formula is C8H12F2O. The van der Waals surface area contributed by atoms with E-state index in [-0.39, 0.29) is 6.42 Å². The van der Waals surface area contributed by atoms with Gasteiger partial charge in [0, 0.05) is 11.8 Å². The molecule has 0 radical (unpaired) electrons. The molecule has 1 rings (SSSR count). The van der Waals surface area contributed by atoms with Gasteiger partial charge in [0.15, 0.2) is 0 Å². The first-order valence-corrected chi connectivity index (χ1v) is 3.59. The van der Waals surface area contributed by atoms with E-state index in [0.717, 1.165) is 6.08 Å². The Kier molecular flexibility index (Phi) is 1.79. The first-order chi connectivity index (χ1) is 4.83. The maximum absolute atomic E-state index is 12.7. The minimum absolute atomic E-state index is 0.280. The summed E-state index contributed by atoms with van der Waals surface area (Å²) in [4.78, 5) is 0. The van der Waals surface area contributed by atoms with E-state index < -0.39 is 17.4 Å². The number of aliphatic hydroxyl groups excluding tert-OH is 1. The highest BCUT2D eigenvalue weighted by atomic mass is 19.3. The van der Waals surface area contributed by atoms with Crippen LogP contribution in [-0.2, 0) is 0 Å². The van der Waals surface area contributed by atoms with Crippen LogP contribution in [0.4, 0.5) is 8.78 Å². The van der Waals surface area contributed by atoms with Crippen LogP contribution in [0.1, 0.15) is 20.3 Å². The Morgan fingerprint density at radius 1 is 1.45 bits per heavy atom.